The summed E-state index contributed by atoms with van der Waals surface area (Å²) in [4.78, 5) is 16.2. The zero-order valence-electron chi connectivity index (χ0n) is 12.6. The standard InChI is InChI=1S/C17H18ClN3O2/c18-13-5-3-12(4-6-13)10-19-16-8-7-14(11-20-16)21-17(22)15-2-1-9-23-15/h3-8,11,15H,1-2,9-10H2,(H,19,20)(H,21,22). The lowest BCUT2D eigenvalue weighted by atomic mass is 10.2. The molecule has 0 aliphatic carbocycles. The third-order valence-electron chi connectivity index (χ3n) is 3.64. The molecule has 0 spiro atoms. The fraction of sp³-hybridized carbons (Fsp3) is 0.294. The van der Waals surface area contributed by atoms with Crippen LogP contribution in [0.15, 0.2) is 42.6 Å². The largest absolute Gasteiger partial charge is 0.368 e. The molecule has 2 heterocycles. The fourth-order valence-corrected chi connectivity index (χ4v) is 2.50. The van der Waals surface area contributed by atoms with Crippen LogP contribution in [0.3, 0.4) is 0 Å². The summed E-state index contributed by atoms with van der Waals surface area (Å²) in [5.41, 5.74) is 1.79. The number of hydrogen-bond donors (Lipinski definition) is 2. The smallest absolute Gasteiger partial charge is 0.253 e. The molecule has 3 rings (SSSR count). The Morgan fingerprint density at radius 3 is 2.74 bits per heavy atom. The number of hydrogen-bond acceptors (Lipinski definition) is 4. The first-order valence-electron chi connectivity index (χ1n) is 7.57. The average Bonchev–Trinajstić information content (AvgIpc) is 3.10. The van der Waals surface area contributed by atoms with Crippen molar-refractivity contribution in [2.75, 3.05) is 17.2 Å². The van der Waals surface area contributed by atoms with E-state index in [1.807, 2.05) is 36.4 Å². The maximum atomic E-state index is 11.9. The van der Waals surface area contributed by atoms with Gasteiger partial charge in [-0.2, -0.15) is 0 Å². The van der Waals surface area contributed by atoms with Crippen LogP contribution >= 0.6 is 11.6 Å². The number of nitrogens with one attached hydrogen (secondary N) is 2. The number of carbonyl (C=O) groups excluding carboxylic acids is 1. The van der Waals surface area contributed by atoms with Gasteiger partial charge in [0.1, 0.15) is 11.9 Å². The van der Waals surface area contributed by atoms with Gasteiger partial charge in [0.05, 0.1) is 11.9 Å². The molecule has 2 N–H and O–H groups in total. The van der Waals surface area contributed by atoms with Crippen LogP contribution in [0, 0.1) is 0 Å². The molecule has 1 saturated heterocycles. The molecule has 6 heteroatoms. The van der Waals surface area contributed by atoms with Crippen molar-refractivity contribution in [3.8, 4) is 0 Å². The lowest BCUT2D eigenvalue weighted by molar-refractivity contribution is -0.124. The van der Waals surface area contributed by atoms with Crippen molar-refractivity contribution in [3.05, 3.63) is 53.2 Å². The van der Waals surface area contributed by atoms with Gasteiger partial charge in [0, 0.05) is 18.2 Å². The number of pyridine rings is 1. The summed E-state index contributed by atoms with van der Waals surface area (Å²) in [6.45, 7) is 1.32. The third-order valence-corrected chi connectivity index (χ3v) is 3.89. The van der Waals surface area contributed by atoms with Crippen molar-refractivity contribution in [3.63, 3.8) is 0 Å². The maximum absolute atomic E-state index is 11.9. The van der Waals surface area contributed by atoms with Crippen LogP contribution in [0.2, 0.25) is 5.02 Å². The minimum atomic E-state index is -0.335. The Balaban J connectivity index is 1.52. The first-order chi connectivity index (χ1) is 11.2. The summed E-state index contributed by atoms with van der Waals surface area (Å²) in [7, 11) is 0. The van der Waals surface area contributed by atoms with Crippen molar-refractivity contribution in [2.24, 2.45) is 0 Å². The van der Waals surface area contributed by atoms with Gasteiger partial charge in [0.15, 0.2) is 0 Å². The summed E-state index contributed by atoms with van der Waals surface area (Å²) < 4.78 is 5.35. The molecule has 1 aliphatic heterocycles. The molecule has 1 fully saturated rings. The summed E-state index contributed by atoms with van der Waals surface area (Å²) in [6, 6.07) is 11.3. The number of carbonyl (C=O) groups is 1. The van der Waals surface area contributed by atoms with Crippen LogP contribution in [0.5, 0.6) is 0 Å². The highest BCUT2D eigenvalue weighted by atomic mass is 35.5. The molecule has 0 saturated carbocycles. The lowest BCUT2D eigenvalue weighted by Gasteiger charge is -2.11. The van der Waals surface area contributed by atoms with Crippen molar-refractivity contribution in [2.45, 2.75) is 25.5 Å². The maximum Gasteiger partial charge on any atom is 0.253 e. The van der Waals surface area contributed by atoms with Crippen LogP contribution in [-0.4, -0.2) is 23.6 Å². The molecule has 2 aromatic rings. The summed E-state index contributed by atoms with van der Waals surface area (Å²) in [5, 5.41) is 6.77. The second-order valence-corrected chi connectivity index (χ2v) is 5.84. The van der Waals surface area contributed by atoms with Crippen molar-refractivity contribution in [1.82, 2.24) is 4.98 Å². The van der Waals surface area contributed by atoms with Gasteiger partial charge >= 0.3 is 0 Å². The Morgan fingerprint density at radius 1 is 1.26 bits per heavy atom. The lowest BCUT2D eigenvalue weighted by Crippen LogP contribution is -2.26. The topological polar surface area (TPSA) is 63.2 Å². The van der Waals surface area contributed by atoms with E-state index in [4.69, 9.17) is 16.3 Å². The normalized spacial score (nSPS) is 17.0. The molecular weight excluding hydrogens is 314 g/mol. The van der Waals surface area contributed by atoms with Gasteiger partial charge in [-0.05, 0) is 42.7 Å². The molecule has 5 nitrogen and oxygen atoms in total. The van der Waals surface area contributed by atoms with E-state index in [9.17, 15) is 4.79 Å². The van der Waals surface area contributed by atoms with Crippen LogP contribution in [0.4, 0.5) is 11.5 Å². The highest BCUT2D eigenvalue weighted by Gasteiger charge is 2.23. The predicted molar refractivity (Wildman–Crippen MR) is 90.6 cm³/mol. The van der Waals surface area contributed by atoms with Crippen LogP contribution in [0.1, 0.15) is 18.4 Å². The number of aromatic nitrogens is 1. The van der Waals surface area contributed by atoms with E-state index in [1.54, 1.807) is 6.20 Å². The van der Waals surface area contributed by atoms with E-state index in [2.05, 4.69) is 15.6 Å². The van der Waals surface area contributed by atoms with Crippen molar-refractivity contribution >= 4 is 29.0 Å². The number of anilines is 2. The van der Waals surface area contributed by atoms with Crippen molar-refractivity contribution < 1.29 is 9.53 Å². The van der Waals surface area contributed by atoms with Crippen molar-refractivity contribution in [1.29, 1.82) is 0 Å². The Morgan fingerprint density at radius 2 is 2.09 bits per heavy atom. The second-order valence-electron chi connectivity index (χ2n) is 5.40. The quantitative estimate of drug-likeness (QED) is 0.880. The monoisotopic (exact) mass is 331 g/mol. The molecule has 1 atom stereocenters. The summed E-state index contributed by atoms with van der Waals surface area (Å²) in [5.74, 6) is 0.640. The summed E-state index contributed by atoms with van der Waals surface area (Å²) >= 11 is 5.86. The zero-order chi connectivity index (χ0) is 16.1. The molecular formula is C17H18ClN3O2. The highest BCUT2D eigenvalue weighted by molar-refractivity contribution is 6.30. The molecule has 0 radical (unpaired) electrons. The van der Waals surface area contributed by atoms with Gasteiger partial charge in [-0.1, -0.05) is 23.7 Å². The molecule has 1 aromatic carbocycles. The molecule has 120 valence electrons. The number of benzene rings is 1. The predicted octanol–water partition coefficient (Wildman–Crippen LogP) is 3.46. The molecule has 23 heavy (non-hydrogen) atoms. The Bertz CT molecular complexity index is 653. The Hall–Kier alpha value is -2.11. The molecule has 1 aromatic heterocycles. The van der Waals surface area contributed by atoms with Crippen LogP contribution < -0.4 is 10.6 Å². The fourth-order valence-electron chi connectivity index (χ4n) is 2.37. The molecule has 1 aliphatic rings. The third kappa shape index (κ3) is 4.43. The van der Waals surface area contributed by atoms with Gasteiger partial charge in [0.25, 0.3) is 5.91 Å². The Kier molecular flexibility index (Phi) is 5.10. The minimum Gasteiger partial charge on any atom is -0.368 e. The number of halogens is 1. The zero-order valence-corrected chi connectivity index (χ0v) is 13.3. The first kappa shape index (κ1) is 15.8. The van der Waals surface area contributed by atoms with Gasteiger partial charge in [-0.3, -0.25) is 4.79 Å². The highest BCUT2D eigenvalue weighted by Crippen LogP contribution is 2.16. The number of rotatable bonds is 5. The molecule has 1 amide bonds. The molecule has 0 bridgehead atoms. The molecule has 1 unspecified atom stereocenters. The number of nitrogens with zero attached hydrogens (tertiary/aromatic N) is 1. The minimum absolute atomic E-state index is 0.105. The van der Waals surface area contributed by atoms with E-state index in [0.717, 1.165) is 29.2 Å². The Labute approximate surface area is 140 Å². The van der Waals surface area contributed by atoms with Gasteiger partial charge in [0.2, 0.25) is 0 Å². The first-order valence-corrected chi connectivity index (χ1v) is 7.95. The van der Waals surface area contributed by atoms with Gasteiger partial charge in [-0.15, -0.1) is 0 Å². The second kappa shape index (κ2) is 7.44. The van der Waals surface area contributed by atoms with E-state index in [0.29, 0.717) is 18.8 Å². The average molecular weight is 332 g/mol. The van der Waals surface area contributed by atoms with E-state index < -0.39 is 0 Å². The number of ether oxygens (including phenoxy) is 1. The van der Waals surface area contributed by atoms with Crippen LogP contribution in [0.25, 0.3) is 0 Å². The van der Waals surface area contributed by atoms with E-state index in [1.165, 1.54) is 0 Å². The SMILES string of the molecule is O=C(Nc1ccc(NCc2ccc(Cl)cc2)nc1)C1CCCO1. The van der Waals surface area contributed by atoms with Crippen LogP contribution in [-0.2, 0) is 16.1 Å². The summed E-state index contributed by atoms with van der Waals surface area (Å²) in [6.07, 6.45) is 3.01. The van der Waals surface area contributed by atoms with Gasteiger partial charge < -0.3 is 15.4 Å². The van der Waals surface area contributed by atoms with Gasteiger partial charge in [-0.25, -0.2) is 4.98 Å². The van der Waals surface area contributed by atoms with E-state index >= 15 is 0 Å². The van der Waals surface area contributed by atoms with E-state index in [-0.39, 0.29) is 12.0 Å². The number of amides is 1.